The SMILES string of the molecule is COc1c([C@@H]2C(=C(O)c3ccc4c(c3)OCO4)C(=O)C(=O)N2CCN2CCOCC2)cc2c(c1OC)OCO2. The van der Waals surface area contributed by atoms with Gasteiger partial charge in [-0.05, 0) is 24.3 Å². The number of carbonyl (C=O) groups excluding carboxylic acids is 2. The Morgan fingerprint density at radius 3 is 2.41 bits per heavy atom. The molecule has 6 rings (SSSR count). The third-order valence-electron chi connectivity index (χ3n) is 7.25. The minimum Gasteiger partial charge on any atom is -0.507 e. The van der Waals surface area contributed by atoms with E-state index >= 15 is 0 Å². The minimum absolute atomic E-state index is 0.0211. The van der Waals surface area contributed by atoms with E-state index in [1.165, 1.54) is 19.1 Å². The summed E-state index contributed by atoms with van der Waals surface area (Å²) < 4.78 is 38.8. The predicted molar refractivity (Wildman–Crippen MR) is 135 cm³/mol. The van der Waals surface area contributed by atoms with Gasteiger partial charge in [-0.2, -0.15) is 0 Å². The van der Waals surface area contributed by atoms with Crippen LogP contribution < -0.4 is 28.4 Å². The lowest BCUT2D eigenvalue weighted by Crippen LogP contribution is -2.42. The zero-order chi connectivity index (χ0) is 27.1. The molecule has 0 bridgehead atoms. The number of rotatable bonds is 7. The number of ketones is 1. The van der Waals surface area contributed by atoms with Gasteiger partial charge in [0.05, 0.1) is 39.0 Å². The van der Waals surface area contributed by atoms with Gasteiger partial charge in [0.15, 0.2) is 23.0 Å². The van der Waals surface area contributed by atoms with Crippen LogP contribution in [0.25, 0.3) is 5.76 Å². The molecule has 2 aromatic carbocycles. The number of hydrogen-bond donors (Lipinski definition) is 1. The van der Waals surface area contributed by atoms with Crippen LogP contribution in [0.4, 0.5) is 0 Å². The molecule has 39 heavy (non-hydrogen) atoms. The summed E-state index contributed by atoms with van der Waals surface area (Å²) in [5.74, 6) is 0.347. The second kappa shape index (κ2) is 10.2. The molecule has 4 heterocycles. The molecule has 12 nitrogen and oxygen atoms in total. The van der Waals surface area contributed by atoms with E-state index in [1.54, 1.807) is 24.3 Å². The summed E-state index contributed by atoms with van der Waals surface area (Å²) in [6.07, 6.45) is 0. The van der Waals surface area contributed by atoms with Gasteiger partial charge in [0, 0.05) is 37.3 Å². The third kappa shape index (κ3) is 4.25. The van der Waals surface area contributed by atoms with Crippen molar-refractivity contribution < 1.29 is 47.9 Å². The zero-order valence-corrected chi connectivity index (χ0v) is 21.6. The average Bonchev–Trinajstić information content (AvgIpc) is 3.69. The van der Waals surface area contributed by atoms with E-state index in [-0.39, 0.29) is 43.0 Å². The number of morpholine rings is 1. The minimum atomic E-state index is -0.991. The monoisotopic (exact) mass is 540 g/mol. The molecule has 1 atom stereocenters. The molecule has 1 amide bonds. The molecule has 1 N–H and O–H groups in total. The predicted octanol–water partition coefficient (Wildman–Crippen LogP) is 1.92. The lowest BCUT2D eigenvalue weighted by molar-refractivity contribution is -0.140. The van der Waals surface area contributed by atoms with E-state index in [4.69, 9.17) is 33.2 Å². The highest BCUT2D eigenvalue weighted by Crippen LogP contribution is 2.54. The van der Waals surface area contributed by atoms with Gasteiger partial charge < -0.3 is 43.2 Å². The maximum atomic E-state index is 13.6. The second-order valence-corrected chi connectivity index (χ2v) is 9.28. The average molecular weight is 541 g/mol. The maximum Gasteiger partial charge on any atom is 0.295 e. The first-order valence-corrected chi connectivity index (χ1v) is 12.5. The summed E-state index contributed by atoms with van der Waals surface area (Å²) in [6, 6.07) is 5.50. The Bertz CT molecular complexity index is 1350. The van der Waals surface area contributed by atoms with Crippen molar-refractivity contribution in [2.75, 3.05) is 67.2 Å². The molecule has 12 heteroatoms. The topological polar surface area (TPSA) is 125 Å². The summed E-state index contributed by atoms with van der Waals surface area (Å²) >= 11 is 0. The van der Waals surface area contributed by atoms with E-state index in [2.05, 4.69) is 4.90 Å². The number of benzene rings is 2. The van der Waals surface area contributed by atoms with Gasteiger partial charge in [-0.25, -0.2) is 0 Å². The Labute approximate surface area is 224 Å². The highest BCUT2D eigenvalue weighted by molar-refractivity contribution is 6.46. The number of nitrogens with zero attached hydrogens (tertiary/aromatic N) is 2. The van der Waals surface area contributed by atoms with Crippen LogP contribution in [0, 0.1) is 0 Å². The normalized spacial score (nSPS) is 21.5. The Kier molecular flexibility index (Phi) is 6.57. The number of amides is 1. The number of hydrogen-bond acceptors (Lipinski definition) is 11. The summed E-state index contributed by atoms with van der Waals surface area (Å²) in [6.45, 7) is 3.40. The van der Waals surface area contributed by atoms with Crippen molar-refractivity contribution in [2.24, 2.45) is 0 Å². The van der Waals surface area contributed by atoms with E-state index in [0.29, 0.717) is 67.0 Å². The molecule has 2 saturated heterocycles. The van der Waals surface area contributed by atoms with Gasteiger partial charge in [-0.15, -0.1) is 0 Å². The van der Waals surface area contributed by atoms with Crippen LogP contribution in [-0.2, 0) is 14.3 Å². The molecule has 4 aliphatic rings. The molecule has 4 aliphatic heterocycles. The van der Waals surface area contributed by atoms with E-state index in [1.807, 2.05) is 0 Å². The molecular weight excluding hydrogens is 512 g/mol. The van der Waals surface area contributed by atoms with Crippen LogP contribution in [0.1, 0.15) is 17.2 Å². The summed E-state index contributed by atoms with van der Waals surface area (Å²) in [5.41, 5.74) is 0.643. The number of fused-ring (bicyclic) bond motifs is 2. The van der Waals surface area contributed by atoms with Crippen molar-refractivity contribution >= 4 is 17.4 Å². The van der Waals surface area contributed by atoms with Crippen LogP contribution in [0.5, 0.6) is 34.5 Å². The molecule has 2 fully saturated rings. The van der Waals surface area contributed by atoms with Gasteiger partial charge in [0.25, 0.3) is 11.7 Å². The first-order chi connectivity index (χ1) is 19.0. The fraction of sp³-hybridized carbons (Fsp3) is 0.407. The van der Waals surface area contributed by atoms with Gasteiger partial charge in [-0.3, -0.25) is 14.5 Å². The molecule has 0 aliphatic carbocycles. The Hall–Kier alpha value is -4.16. The highest BCUT2D eigenvalue weighted by Gasteiger charge is 2.48. The third-order valence-corrected chi connectivity index (χ3v) is 7.25. The Morgan fingerprint density at radius 1 is 0.923 bits per heavy atom. The van der Waals surface area contributed by atoms with Crippen molar-refractivity contribution in [3.8, 4) is 34.5 Å². The summed E-state index contributed by atoms with van der Waals surface area (Å²) in [5, 5.41) is 11.5. The van der Waals surface area contributed by atoms with Crippen molar-refractivity contribution in [3.05, 3.63) is 41.0 Å². The van der Waals surface area contributed by atoms with Crippen LogP contribution in [0.15, 0.2) is 29.8 Å². The van der Waals surface area contributed by atoms with Gasteiger partial charge in [0.2, 0.25) is 25.1 Å². The molecule has 0 radical (unpaired) electrons. The number of likely N-dealkylation sites (tertiary alicyclic amines) is 1. The fourth-order valence-electron chi connectivity index (χ4n) is 5.32. The standard InChI is InChI=1S/C27H28N2O10/c1-33-24-16(12-19-25(26(24)34-2)39-14-38-19)21-20(22(30)15-3-4-17-18(11-15)37-13-36-17)23(31)27(32)29(21)6-5-28-7-9-35-10-8-28/h3-4,11-12,21,30H,5-10,13-14H2,1-2H3/t21-/m1/s1. The number of carbonyl (C=O) groups is 2. The van der Waals surface area contributed by atoms with Crippen molar-refractivity contribution in [3.63, 3.8) is 0 Å². The Morgan fingerprint density at radius 2 is 1.64 bits per heavy atom. The first-order valence-electron chi connectivity index (χ1n) is 12.5. The van der Waals surface area contributed by atoms with E-state index < -0.39 is 17.7 Å². The number of methoxy groups -OCH3 is 2. The van der Waals surface area contributed by atoms with Crippen LogP contribution in [0.2, 0.25) is 0 Å². The van der Waals surface area contributed by atoms with Crippen LogP contribution >= 0.6 is 0 Å². The lowest BCUT2D eigenvalue weighted by atomic mass is 9.93. The summed E-state index contributed by atoms with van der Waals surface area (Å²) in [7, 11) is 2.92. The van der Waals surface area contributed by atoms with Gasteiger partial charge in [-0.1, -0.05) is 0 Å². The van der Waals surface area contributed by atoms with E-state index in [0.717, 1.165) is 0 Å². The molecule has 0 spiro atoms. The Balaban J connectivity index is 1.49. The zero-order valence-electron chi connectivity index (χ0n) is 21.6. The van der Waals surface area contributed by atoms with Gasteiger partial charge in [0.1, 0.15) is 5.76 Å². The number of aliphatic hydroxyl groups is 1. The molecule has 206 valence electrons. The molecule has 0 saturated carbocycles. The van der Waals surface area contributed by atoms with Crippen LogP contribution in [-0.4, -0.2) is 93.8 Å². The lowest BCUT2D eigenvalue weighted by Gasteiger charge is -2.31. The number of aliphatic hydroxyl groups excluding tert-OH is 1. The quantitative estimate of drug-likeness (QED) is 0.315. The van der Waals surface area contributed by atoms with Crippen molar-refractivity contribution in [1.29, 1.82) is 0 Å². The van der Waals surface area contributed by atoms with Crippen molar-refractivity contribution in [2.45, 2.75) is 6.04 Å². The molecule has 0 aromatic heterocycles. The highest BCUT2D eigenvalue weighted by atomic mass is 16.7. The first kappa shape index (κ1) is 25.1. The van der Waals surface area contributed by atoms with Crippen molar-refractivity contribution in [1.82, 2.24) is 9.80 Å². The molecular formula is C27H28N2O10. The van der Waals surface area contributed by atoms with E-state index in [9.17, 15) is 14.7 Å². The molecule has 0 unspecified atom stereocenters. The number of Topliss-reactive ketones (excluding diaryl/α,β-unsaturated/α-hetero) is 1. The summed E-state index contributed by atoms with van der Waals surface area (Å²) in [4.78, 5) is 30.7. The maximum absolute atomic E-state index is 13.6. The smallest absolute Gasteiger partial charge is 0.295 e. The van der Waals surface area contributed by atoms with Gasteiger partial charge >= 0.3 is 0 Å². The number of ether oxygens (including phenoxy) is 7. The largest absolute Gasteiger partial charge is 0.507 e. The van der Waals surface area contributed by atoms with Crippen LogP contribution in [0.3, 0.4) is 0 Å². The molecule has 2 aromatic rings. The second-order valence-electron chi connectivity index (χ2n) is 9.28. The fourth-order valence-corrected chi connectivity index (χ4v) is 5.32.